The molecule has 0 aromatic carbocycles. The predicted molar refractivity (Wildman–Crippen MR) is 43.7 cm³/mol. The molecule has 11 heavy (non-hydrogen) atoms. The van der Waals surface area contributed by atoms with Crippen molar-refractivity contribution < 1.29 is 5.21 Å². The van der Waals surface area contributed by atoms with Gasteiger partial charge >= 0.3 is 0 Å². The number of hydrogen-bond acceptors (Lipinski definition) is 2. The van der Waals surface area contributed by atoms with Gasteiger partial charge in [-0.15, -0.1) is 0 Å². The number of fused-ring (bicyclic) bond motifs is 1. The fourth-order valence-electron chi connectivity index (χ4n) is 1.18. The van der Waals surface area contributed by atoms with Crippen LogP contribution in [0, 0.1) is 0 Å². The quantitative estimate of drug-likeness (QED) is 0.409. The van der Waals surface area contributed by atoms with E-state index in [-0.39, 0.29) is 0 Å². The smallest absolute Gasteiger partial charge is 0.103 e. The monoisotopic (exact) mass is 145 g/mol. The second-order valence-electron chi connectivity index (χ2n) is 2.44. The molecule has 0 saturated carbocycles. The minimum atomic E-state index is 0.601. The van der Waals surface area contributed by atoms with E-state index in [1.54, 1.807) is 6.08 Å². The first-order valence-corrected chi connectivity index (χ1v) is 3.41. The Hall–Kier alpha value is -1.57. The summed E-state index contributed by atoms with van der Waals surface area (Å²) in [6.45, 7) is 0. The fraction of sp³-hybridized carbons (Fsp3) is 0. The molecule has 0 radical (unpaired) electrons. The molecule has 2 heteroatoms. The molecule has 2 aliphatic rings. The van der Waals surface area contributed by atoms with Gasteiger partial charge in [0, 0.05) is 0 Å². The third kappa shape index (κ3) is 0.923. The molecule has 0 unspecified atom stereocenters. The largest absolute Gasteiger partial charge is 0.410 e. The van der Waals surface area contributed by atoms with Gasteiger partial charge in [0.2, 0.25) is 0 Å². The second-order valence-corrected chi connectivity index (χ2v) is 2.44. The molecule has 2 rings (SSSR count). The van der Waals surface area contributed by atoms with Gasteiger partial charge in [-0.3, -0.25) is 0 Å². The molecule has 54 valence electrons. The predicted octanol–water partition coefficient (Wildman–Crippen LogP) is 1.81. The van der Waals surface area contributed by atoms with Crippen molar-refractivity contribution in [1.82, 2.24) is 0 Å². The van der Waals surface area contributed by atoms with Gasteiger partial charge in [-0.05, 0) is 23.3 Å². The Morgan fingerprint density at radius 2 is 2.00 bits per heavy atom. The van der Waals surface area contributed by atoms with Crippen LogP contribution in [0.25, 0.3) is 0 Å². The molecule has 0 fully saturated rings. The lowest BCUT2D eigenvalue weighted by Gasteiger charge is -2.03. The summed E-state index contributed by atoms with van der Waals surface area (Å²) in [5, 5.41) is 11.6. The van der Waals surface area contributed by atoms with Crippen molar-refractivity contribution in [3.8, 4) is 0 Å². The van der Waals surface area contributed by atoms with E-state index in [1.165, 1.54) is 5.57 Å². The molecule has 2 nitrogen and oxygen atoms in total. The zero-order chi connectivity index (χ0) is 7.68. The van der Waals surface area contributed by atoms with E-state index in [9.17, 15) is 0 Å². The molecule has 0 bridgehead atoms. The van der Waals surface area contributed by atoms with Crippen LogP contribution in [0.4, 0.5) is 0 Å². The topological polar surface area (TPSA) is 32.6 Å². The van der Waals surface area contributed by atoms with Gasteiger partial charge in [-0.25, -0.2) is 0 Å². The molecule has 0 heterocycles. The molecule has 0 aliphatic heterocycles. The summed E-state index contributed by atoms with van der Waals surface area (Å²) in [6.07, 6.45) is 11.5. The van der Waals surface area contributed by atoms with Gasteiger partial charge < -0.3 is 5.21 Å². The van der Waals surface area contributed by atoms with Crippen LogP contribution >= 0.6 is 0 Å². The van der Waals surface area contributed by atoms with Crippen molar-refractivity contribution >= 4 is 5.71 Å². The fourth-order valence-corrected chi connectivity index (χ4v) is 1.18. The van der Waals surface area contributed by atoms with E-state index in [2.05, 4.69) is 5.16 Å². The molecule has 0 atom stereocenters. The number of nitrogens with zero attached hydrogens (tertiary/aromatic N) is 1. The van der Waals surface area contributed by atoms with E-state index in [1.807, 2.05) is 30.4 Å². The van der Waals surface area contributed by atoms with Crippen LogP contribution in [-0.2, 0) is 0 Å². The van der Waals surface area contributed by atoms with E-state index in [0.29, 0.717) is 5.71 Å². The van der Waals surface area contributed by atoms with Crippen molar-refractivity contribution in [2.75, 3.05) is 0 Å². The molecule has 0 aromatic rings. The Bertz CT molecular complexity index is 329. The van der Waals surface area contributed by atoms with Crippen LogP contribution in [0.3, 0.4) is 0 Å². The summed E-state index contributed by atoms with van der Waals surface area (Å²) < 4.78 is 0. The van der Waals surface area contributed by atoms with Crippen molar-refractivity contribution in [2.24, 2.45) is 5.16 Å². The normalized spacial score (nSPS) is 23.5. The van der Waals surface area contributed by atoms with Gasteiger partial charge in [0.1, 0.15) is 5.71 Å². The van der Waals surface area contributed by atoms with Gasteiger partial charge in [0.25, 0.3) is 0 Å². The van der Waals surface area contributed by atoms with Crippen molar-refractivity contribution in [1.29, 1.82) is 0 Å². The van der Waals surface area contributed by atoms with Crippen LogP contribution in [-0.4, -0.2) is 10.9 Å². The Kier molecular flexibility index (Phi) is 1.25. The number of oxime groups is 1. The highest BCUT2D eigenvalue weighted by Crippen LogP contribution is 2.22. The van der Waals surface area contributed by atoms with Crippen LogP contribution in [0.5, 0.6) is 0 Å². The van der Waals surface area contributed by atoms with E-state index in [4.69, 9.17) is 5.21 Å². The molecule has 1 N–H and O–H groups in total. The summed E-state index contributed by atoms with van der Waals surface area (Å²) in [5.74, 6) is 0. The number of allylic oxidation sites excluding steroid dienone is 8. The average molecular weight is 145 g/mol. The Morgan fingerprint density at radius 1 is 1.09 bits per heavy atom. The summed E-state index contributed by atoms with van der Waals surface area (Å²) >= 11 is 0. The Labute approximate surface area is 64.5 Å². The molecular formula is C9H7NO. The van der Waals surface area contributed by atoms with Crippen LogP contribution in [0.2, 0.25) is 0 Å². The maximum atomic E-state index is 8.46. The van der Waals surface area contributed by atoms with Gasteiger partial charge in [0.05, 0.1) is 0 Å². The maximum Gasteiger partial charge on any atom is 0.103 e. The first kappa shape index (κ1) is 6.16. The highest BCUT2D eigenvalue weighted by atomic mass is 16.4. The molecular weight excluding hydrogens is 138 g/mol. The van der Waals surface area contributed by atoms with Crippen LogP contribution < -0.4 is 0 Å². The third-order valence-corrected chi connectivity index (χ3v) is 1.74. The molecule has 2 aliphatic carbocycles. The van der Waals surface area contributed by atoms with E-state index >= 15 is 0 Å². The lowest BCUT2D eigenvalue weighted by Crippen LogP contribution is -1.96. The molecule has 0 amide bonds. The first-order valence-electron chi connectivity index (χ1n) is 3.41. The minimum absolute atomic E-state index is 0.601. The standard InChI is InChI=1S/C9H7NO/c11-10-9-5-4-7-2-1-3-8(7)6-9/h1-6,11H/b10-9-. The van der Waals surface area contributed by atoms with Crippen LogP contribution in [0.15, 0.2) is 52.8 Å². The number of rotatable bonds is 0. The maximum absolute atomic E-state index is 8.46. The summed E-state index contributed by atoms with van der Waals surface area (Å²) in [7, 11) is 0. The zero-order valence-electron chi connectivity index (χ0n) is 5.86. The lowest BCUT2D eigenvalue weighted by molar-refractivity contribution is 0.320. The van der Waals surface area contributed by atoms with Crippen molar-refractivity contribution in [2.45, 2.75) is 0 Å². The summed E-state index contributed by atoms with van der Waals surface area (Å²) in [4.78, 5) is 0. The zero-order valence-corrected chi connectivity index (χ0v) is 5.86. The Balaban J connectivity index is 2.45. The second kappa shape index (κ2) is 2.23. The summed E-state index contributed by atoms with van der Waals surface area (Å²) in [5.41, 5.74) is 2.89. The van der Waals surface area contributed by atoms with Gasteiger partial charge in [0.15, 0.2) is 0 Å². The highest BCUT2D eigenvalue weighted by molar-refractivity contribution is 6.07. The molecule has 0 saturated heterocycles. The molecule has 0 spiro atoms. The average Bonchev–Trinajstić information content (AvgIpc) is 2.50. The summed E-state index contributed by atoms with van der Waals surface area (Å²) in [6, 6.07) is 0. The number of hydrogen-bond donors (Lipinski definition) is 1. The first-order chi connectivity index (χ1) is 5.40. The van der Waals surface area contributed by atoms with Crippen LogP contribution in [0.1, 0.15) is 0 Å². The van der Waals surface area contributed by atoms with Crippen molar-refractivity contribution in [3.63, 3.8) is 0 Å². The lowest BCUT2D eigenvalue weighted by atomic mass is 10.0. The van der Waals surface area contributed by atoms with Gasteiger partial charge in [-0.1, -0.05) is 29.5 Å². The molecule has 0 aromatic heterocycles. The van der Waals surface area contributed by atoms with Gasteiger partial charge in [-0.2, -0.15) is 0 Å². The highest BCUT2D eigenvalue weighted by Gasteiger charge is 2.08. The van der Waals surface area contributed by atoms with E-state index < -0.39 is 0 Å². The minimum Gasteiger partial charge on any atom is -0.410 e. The van der Waals surface area contributed by atoms with Crippen molar-refractivity contribution in [3.05, 3.63) is 47.6 Å². The van der Waals surface area contributed by atoms with E-state index in [0.717, 1.165) is 5.57 Å². The Morgan fingerprint density at radius 3 is 2.82 bits per heavy atom. The third-order valence-electron chi connectivity index (χ3n) is 1.74. The SMILES string of the molecule is O/N=C1/C=CC2=CC=CC2=C1.